The summed E-state index contributed by atoms with van der Waals surface area (Å²) in [5.41, 5.74) is 11.2. The molecule has 164 valence electrons. The van der Waals surface area contributed by atoms with E-state index in [1.807, 2.05) is 0 Å². The Hall–Kier alpha value is -4.50. The summed E-state index contributed by atoms with van der Waals surface area (Å²) in [7, 11) is 0. The second-order valence-electron chi connectivity index (χ2n) is 7.16. The summed E-state index contributed by atoms with van der Waals surface area (Å²) in [5, 5.41) is 2.99. The van der Waals surface area contributed by atoms with Crippen LogP contribution in [0.2, 0.25) is 5.02 Å². The number of fused-ring (bicyclic) bond motifs is 1. The first-order valence-electron chi connectivity index (χ1n) is 9.50. The number of nitrogens with zero attached hydrogens (tertiary/aromatic N) is 1. The van der Waals surface area contributed by atoms with Crippen LogP contribution in [0.3, 0.4) is 0 Å². The Labute approximate surface area is 191 Å². The largest absolute Gasteiger partial charge is 0.366 e. The van der Waals surface area contributed by atoms with Crippen molar-refractivity contribution in [2.24, 2.45) is 11.5 Å². The molecule has 0 radical (unpaired) electrons. The predicted octanol–water partition coefficient (Wildman–Crippen LogP) is 2.59. The lowest BCUT2D eigenvalue weighted by atomic mass is 10.0. The number of hydrogen-bond donors (Lipinski definition) is 3. The number of hydrogen-bond acceptors (Lipinski definition) is 5. The Balaban J connectivity index is 1.63. The van der Waals surface area contributed by atoms with E-state index in [0.717, 1.165) is 4.90 Å². The van der Waals surface area contributed by atoms with Crippen LogP contribution in [0.4, 0.5) is 11.4 Å². The molecule has 0 aliphatic carbocycles. The Bertz CT molecular complexity index is 1340. The maximum absolute atomic E-state index is 12.9. The molecule has 33 heavy (non-hydrogen) atoms. The highest BCUT2D eigenvalue weighted by molar-refractivity contribution is 6.35. The first kappa shape index (κ1) is 21.7. The third-order valence-corrected chi connectivity index (χ3v) is 5.25. The van der Waals surface area contributed by atoms with Crippen LogP contribution >= 0.6 is 11.6 Å². The first-order chi connectivity index (χ1) is 15.7. The van der Waals surface area contributed by atoms with E-state index < -0.39 is 29.5 Å². The smallest absolute Gasteiger partial charge is 0.266 e. The number of benzene rings is 3. The normalized spacial score (nSPS) is 12.5. The van der Waals surface area contributed by atoms with Gasteiger partial charge in [0, 0.05) is 27.4 Å². The average molecular weight is 463 g/mol. The van der Waals surface area contributed by atoms with Crippen LogP contribution in [-0.2, 0) is 0 Å². The van der Waals surface area contributed by atoms with Crippen LogP contribution in [0.5, 0.6) is 0 Å². The van der Waals surface area contributed by atoms with Gasteiger partial charge in [0.25, 0.3) is 17.7 Å². The molecule has 0 spiro atoms. The molecule has 5 amide bonds. The van der Waals surface area contributed by atoms with E-state index in [1.54, 1.807) is 24.3 Å². The van der Waals surface area contributed by atoms with Gasteiger partial charge in [0.15, 0.2) is 0 Å². The Morgan fingerprint density at radius 2 is 1.30 bits per heavy atom. The fraction of sp³-hybridized carbons (Fsp3) is 0. The van der Waals surface area contributed by atoms with Crippen molar-refractivity contribution in [1.29, 1.82) is 0 Å². The Morgan fingerprint density at radius 1 is 0.727 bits per heavy atom. The van der Waals surface area contributed by atoms with Crippen LogP contribution in [0.1, 0.15) is 51.8 Å². The van der Waals surface area contributed by atoms with Crippen molar-refractivity contribution in [2.45, 2.75) is 0 Å². The second-order valence-corrected chi connectivity index (χ2v) is 7.60. The van der Waals surface area contributed by atoms with E-state index in [1.165, 1.54) is 36.4 Å². The highest BCUT2D eigenvalue weighted by atomic mass is 35.5. The number of halogens is 1. The molecule has 1 aliphatic rings. The van der Waals surface area contributed by atoms with Gasteiger partial charge < -0.3 is 16.8 Å². The zero-order valence-corrected chi connectivity index (χ0v) is 17.6. The monoisotopic (exact) mass is 462 g/mol. The minimum Gasteiger partial charge on any atom is -0.366 e. The van der Waals surface area contributed by atoms with Crippen molar-refractivity contribution in [1.82, 2.24) is 0 Å². The van der Waals surface area contributed by atoms with Crippen LogP contribution < -0.4 is 21.7 Å². The molecule has 1 heterocycles. The van der Waals surface area contributed by atoms with Crippen LogP contribution in [-0.4, -0.2) is 29.5 Å². The summed E-state index contributed by atoms with van der Waals surface area (Å²) in [5.74, 6) is -3.36. The van der Waals surface area contributed by atoms with Crippen molar-refractivity contribution in [2.75, 3.05) is 10.2 Å². The van der Waals surface area contributed by atoms with Crippen molar-refractivity contribution in [3.8, 4) is 0 Å². The van der Waals surface area contributed by atoms with Gasteiger partial charge in [-0.25, -0.2) is 4.90 Å². The lowest BCUT2D eigenvalue weighted by Gasteiger charge is -2.13. The second kappa shape index (κ2) is 8.21. The molecule has 3 aromatic carbocycles. The number of amides is 5. The van der Waals surface area contributed by atoms with Crippen molar-refractivity contribution in [3.05, 3.63) is 93.5 Å². The van der Waals surface area contributed by atoms with Gasteiger partial charge in [-0.15, -0.1) is 0 Å². The summed E-state index contributed by atoms with van der Waals surface area (Å²) in [6, 6.07) is 14.1. The van der Waals surface area contributed by atoms with E-state index in [2.05, 4.69) is 5.32 Å². The van der Waals surface area contributed by atoms with Crippen LogP contribution in [0.15, 0.2) is 60.7 Å². The van der Waals surface area contributed by atoms with Crippen molar-refractivity contribution < 1.29 is 24.0 Å². The molecule has 0 saturated carbocycles. The molecule has 1 aliphatic heterocycles. The molecular weight excluding hydrogens is 448 g/mol. The standard InChI is InChI=1S/C23H15ClN4O5/c24-14-2-4-16(5-3-14)28-22(32)17-6-1-11(10-18(17)23(28)33)21(31)27-15-8-12(19(25)29)7-13(9-15)20(26)30/h1-10H,(H2,25,29)(H2,26,30)(H,27,31). The Kier molecular flexibility index (Phi) is 5.40. The van der Waals surface area contributed by atoms with Crippen molar-refractivity contribution in [3.63, 3.8) is 0 Å². The number of imide groups is 1. The zero-order chi connectivity index (χ0) is 23.9. The molecule has 3 aromatic rings. The topological polar surface area (TPSA) is 153 Å². The van der Waals surface area contributed by atoms with E-state index >= 15 is 0 Å². The molecule has 0 atom stereocenters. The number of rotatable bonds is 5. The first-order valence-corrected chi connectivity index (χ1v) is 9.88. The molecule has 0 bridgehead atoms. The van der Waals surface area contributed by atoms with Gasteiger partial charge in [-0.1, -0.05) is 11.6 Å². The van der Waals surface area contributed by atoms with E-state index in [4.69, 9.17) is 23.1 Å². The number of primary amides is 2. The van der Waals surface area contributed by atoms with Gasteiger partial charge in [-0.3, -0.25) is 24.0 Å². The third kappa shape index (κ3) is 4.04. The van der Waals surface area contributed by atoms with Gasteiger partial charge in [0.05, 0.1) is 16.8 Å². The summed E-state index contributed by atoms with van der Waals surface area (Å²) in [6.45, 7) is 0. The molecule has 0 fully saturated rings. The van der Waals surface area contributed by atoms with Gasteiger partial charge in [-0.2, -0.15) is 0 Å². The van der Waals surface area contributed by atoms with Crippen molar-refractivity contribution >= 4 is 52.5 Å². The van der Waals surface area contributed by atoms with Crippen LogP contribution in [0, 0.1) is 0 Å². The molecule has 10 heteroatoms. The van der Waals surface area contributed by atoms with Gasteiger partial charge >= 0.3 is 0 Å². The maximum Gasteiger partial charge on any atom is 0.266 e. The van der Waals surface area contributed by atoms with E-state index in [-0.39, 0.29) is 33.5 Å². The summed E-state index contributed by atoms with van der Waals surface area (Å²) in [6.07, 6.45) is 0. The molecule has 5 N–H and O–H groups in total. The summed E-state index contributed by atoms with van der Waals surface area (Å²) in [4.78, 5) is 62.5. The highest BCUT2D eigenvalue weighted by Crippen LogP contribution is 2.30. The minimum atomic E-state index is -0.808. The summed E-state index contributed by atoms with van der Waals surface area (Å²) >= 11 is 5.87. The highest BCUT2D eigenvalue weighted by Gasteiger charge is 2.37. The molecule has 0 aromatic heterocycles. The van der Waals surface area contributed by atoms with E-state index in [9.17, 15) is 24.0 Å². The number of carbonyl (C=O) groups is 5. The average Bonchev–Trinajstić information content (AvgIpc) is 3.03. The fourth-order valence-corrected chi connectivity index (χ4v) is 3.52. The van der Waals surface area contributed by atoms with Gasteiger partial charge in [0.1, 0.15) is 0 Å². The molecule has 0 saturated heterocycles. The quantitative estimate of drug-likeness (QED) is 0.497. The minimum absolute atomic E-state index is 0.0186. The molecule has 4 rings (SSSR count). The van der Waals surface area contributed by atoms with E-state index in [0.29, 0.717) is 10.7 Å². The maximum atomic E-state index is 12.9. The number of anilines is 2. The third-order valence-electron chi connectivity index (χ3n) is 4.99. The fourth-order valence-electron chi connectivity index (χ4n) is 3.39. The predicted molar refractivity (Wildman–Crippen MR) is 120 cm³/mol. The molecule has 0 unspecified atom stereocenters. The Morgan fingerprint density at radius 3 is 1.88 bits per heavy atom. The zero-order valence-electron chi connectivity index (χ0n) is 16.8. The molecular formula is C23H15ClN4O5. The number of carbonyl (C=O) groups excluding carboxylic acids is 5. The number of nitrogens with one attached hydrogen (secondary N) is 1. The SMILES string of the molecule is NC(=O)c1cc(NC(=O)c2ccc3c(c2)C(=O)N(c2ccc(Cl)cc2)C3=O)cc(C(N)=O)c1. The lowest BCUT2D eigenvalue weighted by Crippen LogP contribution is -2.29. The molecule has 9 nitrogen and oxygen atoms in total. The lowest BCUT2D eigenvalue weighted by molar-refractivity contribution is 0.0922. The van der Waals surface area contributed by atoms with Gasteiger partial charge in [0.2, 0.25) is 11.8 Å². The van der Waals surface area contributed by atoms with Crippen LogP contribution in [0.25, 0.3) is 0 Å². The summed E-state index contributed by atoms with van der Waals surface area (Å²) < 4.78 is 0. The van der Waals surface area contributed by atoms with Gasteiger partial charge in [-0.05, 0) is 60.7 Å². The number of nitrogens with two attached hydrogens (primary N) is 2.